The second kappa shape index (κ2) is 7.33. The zero-order chi connectivity index (χ0) is 18.7. The van der Waals surface area contributed by atoms with Crippen LogP contribution in [-0.2, 0) is 4.79 Å². The van der Waals surface area contributed by atoms with E-state index in [1.165, 1.54) is 25.4 Å². The molecule has 0 fully saturated rings. The highest BCUT2D eigenvalue weighted by molar-refractivity contribution is 5.97. The van der Waals surface area contributed by atoms with Gasteiger partial charge in [-0.1, -0.05) is 6.07 Å². The van der Waals surface area contributed by atoms with Crippen molar-refractivity contribution in [2.75, 3.05) is 7.11 Å². The van der Waals surface area contributed by atoms with Crippen molar-refractivity contribution in [1.82, 2.24) is 15.1 Å². The van der Waals surface area contributed by atoms with Crippen LogP contribution in [0.2, 0.25) is 0 Å². The Labute approximate surface area is 144 Å². The summed E-state index contributed by atoms with van der Waals surface area (Å²) < 4.78 is 20.3. The second-order valence-corrected chi connectivity index (χ2v) is 5.82. The minimum atomic E-state index is -1.39. The highest BCUT2D eigenvalue weighted by atomic mass is 19.1. The summed E-state index contributed by atoms with van der Waals surface area (Å²) >= 11 is 0. The van der Waals surface area contributed by atoms with Crippen LogP contribution in [0.5, 0.6) is 5.75 Å². The lowest BCUT2D eigenvalue weighted by molar-refractivity contribution is -0.139. The maximum atomic E-state index is 13.8. The van der Waals surface area contributed by atoms with Crippen LogP contribution >= 0.6 is 0 Å². The first-order valence-corrected chi connectivity index (χ1v) is 7.67. The highest BCUT2D eigenvalue weighted by Crippen LogP contribution is 2.23. The number of aliphatic carboxylic acids is 1. The summed E-state index contributed by atoms with van der Waals surface area (Å²) in [5.41, 5.74) is 1.000. The quantitative estimate of drug-likeness (QED) is 0.836. The van der Waals surface area contributed by atoms with Gasteiger partial charge in [-0.25, -0.2) is 9.18 Å². The molecule has 0 radical (unpaired) electrons. The minimum absolute atomic E-state index is 0.00623. The first kappa shape index (κ1) is 18.4. The number of nitrogens with one attached hydrogen (secondary N) is 1. The van der Waals surface area contributed by atoms with Crippen molar-refractivity contribution < 1.29 is 23.8 Å². The van der Waals surface area contributed by atoms with E-state index in [1.807, 2.05) is 13.8 Å². The lowest BCUT2D eigenvalue weighted by Gasteiger charge is -2.16. The number of halogens is 1. The maximum absolute atomic E-state index is 13.8. The van der Waals surface area contributed by atoms with Gasteiger partial charge >= 0.3 is 5.97 Å². The van der Waals surface area contributed by atoms with E-state index in [1.54, 1.807) is 11.6 Å². The molecule has 1 aromatic carbocycles. The number of hydrogen-bond acceptors (Lipinski definition) is 4. The molecule has 8 heteroatoms. The van der Waals surface area contributed by atoms with Crippen LogP contribution in [0.3, 0.4) is 0 Å². The molecule has 2 N–H and O–H groups in total. The van der Waals surface area contributed by atoms with Crippen LogP contribution in [0, 0.1) is 12.7 Å². The van der Waals surface area contributed by atoms with E-state index in [0.29, 0.717) is 5.69 Å². The summed E-state index contributed by atoms with van der Waals surface area (Å²) in [6.07, 6.45) is 1.39. The summed E-state index contributed by atoms with van der Waals surface area (Å²) in [7, 11) is 1.31. The van der Waals surface area contributed by atoms with Gasteiger partial charge in [0.05, 0.1) is 18.9 Å². The Hall–Kier alpha value is -2.90. The number of carboxylic acids is 1. The zero-order valence-electron chi connectivity index (χ0n) is 14.4. The van der Waals surface area contributed by atoms with Crippen LogP contribution in [0.25, 0.3) is 0 Å². The Kier molecular flexibility index (Phi) is 5.41. The zero-order valence-corrected chi connectivity index (χ0v) is 14.4. The monoisotopic (exact) mass is 349 g/mol. The fraction of sp³-hybridized carbons (Fsp3) is 0.353. The largest absolute Gasteiger partial charge is 0.494 e. The van der Waals surface area contributed by atoms with Gasteiger partial charge in [0.2, 0.25) is 0 Å². The number of benzene rings is 1. The average molecular weight is 349 g/mol. The summed E-state index contributed by atoms with van der Waals surface area (Å²) in [6, 6.07) is 2.41. The summed E-state index contributed by atoms with van der Waals surface area (Å²) in [5, 5.41) is 16.0. The van der Waals surface area contributed by atoms with E-state index in [4.69, 9.17) is 4.74 Å². The standard InChI is InChI=1S/C17H20FN3O4/c1-9(2)21-10(3)12(8-19-21)16(22)20-15(17(23)24)11-5-6-14(25-4)13(18)7-11/h5-9,15H,1-4H3,(H,20,22)(H,23,24). The molecular formula is C17H20FN3O4. The van der Waals surface area contributed by atoms with Gasteiger partial charge in [0.25, 0.3) is 5.91 Å². The van der Waals surface area contributed by atoms with Crippen LogP contribution in [-0.4, -0.2) is 33.9 Å². The van der Waals surface area contributed by atoms with Gasteiger partial charge in [-0.2, -0.15) is 5.10 Å². The van der Waals surface area contributed by atoms with Gasteiger partial charge < -0.3 is 15.2 Å². The molecule has 1 unspecified atom stereocenters. The predicted octanol–water partition coefficient (Wildman–Crippen LogP) is 2.48. The molecule has 2 aromatic rings. The van der Waals surface area contributed by atoms with Crippen LogP contribution in [0.4, 0.5) is 4.39 Å². The molecule has 134 valence electrons. The second-order valence-electron chi connectivity index (χ2n) is 5.82. The van der Waals surface area contributed by atoms with Crippen molar-refractivity contribution in [3.63, 3.8) is 0 Å². The van der Waals surface area contributed by atoms with E-state index in [0.717, 1.165) is 6.07 Å². The third-order valence-corrected chi connectivity index (χ3v) is 3.81. The molecule has 0 saturated heterocycles. The topological polar surface area (TPSA) is 93.5 Å². The summed E-state index contributed by atoms with van der Waals surface area (Å²) in [4.78, 5) is 24.0. The molecule has 1 heterocycles. The average Bonchev–Trinajstić information content (AvgIpc) is 2.94. The molecule has 0 aliphatic heterocycles. The molecule has 7 nitrogen and oxygen atoms in total. The van der Waals surface area contributed by atoms with Crippen molar-refractivity contribution >= 4 is 11.9 Å². The molecule has 1 amide bonds. The van der Waals surface area contributed by atoms with Gasteiger partial charge in [0.15, 0.2) is 17.6 Å². The summed E-state index contributed by atoms with van der Waals surface area (Å²) in [5.74, 6) is -2.60. The number of rotatable bonds is 6. The third-order valence-electron chi connectivity index (χ3n) is 3.81. The smallest absolute Gasteiger partial charge is 0.330 e. The number of carbonyl (C=O) groups excluding carboxylic acids is 1. The molecule has 1 aromatic heterocycles. The Morgan fingerprint density at radius 2 is 2.04 bits per heavy atom. The van der Waals surface area contributed by atoms with Crippen LogP contribution < -0.4 is 10.1 Å². The van der Waals surface area contributed by atoms with E-state index in [2.05, 4.69) is 10.4 Å². The molecular weight excluding hydrogens is 329 g/mol. The number of amides is 1. The van der Waals surface area contributed by atoms with Gasteiger partial charge in [-0.15, -0.1) is 0 Å². The van der Waals surface area contributed by atoms with Crippen molar-refractivity contribution in [1.29, 1.82) is 0 Å². The lowest BCUT2D eigenvalue weighted by atomic mass is 10.1. The highest BCUT2D eigenvalue weighted by Gasteiger charge is 2.25. The molecule has 1 atom stereocenters. The van der Waals surface area contributed by atoms with Gasteiger partial charge in [0, 0.05) is 11.7 Å². The summed E-state index contributed by atoms with van der Waals surface area (Å²) in [6.45, 7) is 5.56. The fourth-order valence-electron chi connectivity index (χ4n) is 2.53. The first-order valence-electron chi connectivity index (χ1n) is 7.67. The van der Waals surface area contributed by atoms with Crippen molar-refractivity contribution in [2.45, 2.75) is 32.9 Å². The van der Waals surface area contributed by atoms with E-state index < -0.39 is 23.7 Å². The third kappa shape index (κ3) is 3.78. The Morgan fingerprint density at radius 1 is 1.36 bits per heavy atom. The molecule has 0 saturated carbocycles. The lowest BCUT2D eigenvalue weighted by Crippen LogP contribution is -2.34. The van der Waals surface area contributed by atoms with Crippen molar-refractivity contribution in [3.05, 3.63) is 47.0 Å². The number of ether oxygens (including phenoxy) is 1. The number of carboxylic acid groups (broad SMARTS) is 1. The number of nitrogens with zero attached hydrogens (tertiary/aromatic N) is 2. The minimum Gasteiger partial charge on any atom is -0.494 e. The molecule has 0 bridgehead atoms. The Morgan fingerprint density at radius 3 is 2.52 bits per heavy atom. The number of hydrogen-bond donors (Lipinski definition) is 2. The molecule has 0 aliphatic carbocycles. The van der Waals surface area contributed by atoms with Gasteiger partial charge in [-0.3, -0.25) is 9.48 Å². The maximum Gasteiger partial charge on any atom is 0.330 e. The van der Waals surface area contributed by atoms with E-state index in [-0.39, 0.29) is 22.9 Å². The molecule has 2 rings (SSSR count). The van der Waals surface area contributed by atoms with Crippen molar-refractivity contribution in [2.24, 2.45) is 0 Å². The van der Waals surface area contributed by atoms with Gasteiger partial charge in [-0.05, 0) is 38.5 Å². The normalized spacial score (nSPS) is 12.1. The van der Waals surface area contributed by atoms with Crippen LogP contribution in [0.15, 0.2) is 24.4 Å². The number of methoxy groups -OCH3 is 1. The first-order chi connectivity index (χ1) is 11.8. The molecule has 0 aliphatic rings. The number of carbonyl (C=O) groups is 2. The fourth-order valence-corrected chi connectivity index (χ4v) is 2.53. The molecule has 0 spiro atoms. The van der Waals surface area contributed by atoms with E-state index >= 15 is 0 Å². The predicted molar refractivity (Wildman–Crippen MR) is 88.1 cm³/mol. The number of aromatic nitrogens is 2. The Bertz CT molecular complexity index is 801. The van der Waals surface area contributed by atoms with E-state index in [9.17, 15) is 19.1 Å². The molecule has 25 heavy (non-hydrogen) atoms. The Balaban J connectivity index is 2.29. The van der Waals surface area contributed by atoms with Crippen LogP contribution in [0.1, 0.15) is 47.5 Å². The van der Waals surface area contributed by atoms with Crippen molar-refractivity contribution in [3.8, 4) is 5.75 Å². The SMILES string of the molecule is COc1ccc(C(NC(=O)c2cnn(C(C)C)c2C)C(=O)O)cc1F. The van der Waals surface area contributed by atoms with Gasteiger partial charge in [0.1, 0.15) is 0 Å².